The number of carbonyl (C=O) groups excluding carboxylic acids is 1. The molecule has 0 aliphatic rings. The summed E-state index contributed by atoms with van der Waals surface area (Å²) in [5.41, 5.74) is 0.788. The maximum absolute atomic E-state index is 14.4. The van der Waals surface area contributed by atoms with E-state index in [-0.39, 0.29) is 5.82 Å². The lowest BCUT2D eigenvalue weighted by Crippen LogP contribution is -2.20. The predicted octanol–water partition coefficient (Wildman–Crippen LogP) is 4.03. The second-order valence-electron chi connectivity index (χ2n) is 6.06. The quantitative estimate of drug-likeness (QED) is 0.554. The Balaban J connectivity index is 2.05. The lowest BCUT2D eigenvalue weighted by molar-refractivity contribution is 0.0996. The van der Waals surface area contributed by atoms with Gasteiger partial charge in [0, 0.05) is 19.2 Å². The minimum atomic E-state index is -0.438. The molecule has 1 amide bonds. The van der Waals surface area contributed by atoms with Crippen LogP contribution in [0.2, 0.25) is 0 Å². The molecule has 6 nitrogen and oxygen atoms in total. The van der Waals surface area contributed by atoms with Crippen molar-refractivity contribution in [2.24, 2.45) is 4.99 Å². The molecule has 0 bridgehead atoms. The third kappa shape index (κ3) is 4.65. The molecule has 0 atom stereocenters. The fraction of sp³-hybridized carbons (Fsp3) is 0.333. The van der Waals surface area contributed by atoms with Crippen LogP contribution in [0.5, 0.6) is 11.5 Å². The number of para-hydroxylation sites is 1. The zero-order valence-corrected chi connectivity index (χ0v) is 17.4. The molecule has 8 heteroatoms. The molecule has 0 fully saturated rings. The average molecular weight is 418 g/mol. The van der Waals surface area contributed by atoms with Gasteiger partial charge in [0.25, 0.3) is 5.91 Å². The van der Waals surface area contributed by atoms with Gasteiger partial charge in [-0.1, -0.05) is 17.4 Å². The molecule has 0 aliphatic carbocycles. The van der Waals surface area contributed by atoms with Crippen molar-refractivity contribution in [1.29, 1.82) is 0 Å². The van der Waals surface area contributed by atoms with E-state index in [1.807, 2.05) is 13.8 Å². The Morgan fingerprint density at radius 1 is 1.14 bits per heavy atom. The molecular weight excluding hydrogens is 395 g/mol. The summed E-state index contributed by atoms with van der Waals surface area (Å²) in [6.07, 6.45) is 0. The van der Waals surface area contributed by atoms with Crippen molar-refractivity contribution in [3.63, 3.8) is 0 Å². The van der Waals surface area contributed by atoms with E-state index in [4.69, 9.17) is 14.2 Å². The lowest BCUT2D eigenvalue weighted by atomic mass is 10.2. The Hall–Kier alpha value is -2.71. The van der Waals surface area contributed by atoms with Crippen molar-refractivity contribution in [3.05, 3.63) is 52.6 Å². The number of aromatic nitrogens is 1. The second-order valence-corrected chi connectivity index (χ2v) is 7.07. The van der Waals surface area contributed by atoms with Gasteiger partial charge in [0.05, 0.1) is 30.0 Å². The number of fused-ring (bicyclic) bond motifs is 1. The normalized spacial score (nSPS) is 11.8. The number of halogens is 1. The summed E-state index contributed by atoms with van der Waals surface area (Å²) in [4.78, 5) is 17.5. The largest absolute Gasteiger partial charge is 0.490 e. The molecule has 1 aromatic heterocycles. The number of hydrogen-bond donors (Lipinski definition) is 0. The molecule has 3 rings (SSSR count). The van der Waals surface area contributed by atoms with E-state index in [0.717, 1.165) is 0 Å². The highest BCUT2D eigenvalue weighted by Gasteiger charge is 2.14. The number of hydrogen-bond acceptors (Lipinski definition) is 5. The number of benzene rings is 2. The van der Waals surface area contributed by atoms with Crippen LogP contribution in [0.4, 0.5) is 4.39 Å². The average Bonchev–Trinajstić information content (AvgIpc) is 3.06. The van der Waals surface area contributed by atoms with Gasteiger partial charge in [-0.15, -0.1) is 0 Å². The molecule has 3 aromatic rings. The monoisotopic (exact) mass is 418 g/mol. The summed E-state index contributed by atoms with van der Waals surface area (Å²) in [5.74, 6) is 0.269. The van der Waals surface area contributed by atoms with Gasteiger partial charge >= 0.3 is 0 Å². The Morgan fingerprint density at radius 3 is 2.62 bits per heavy atom. The van der Waals surface area contributed by atoms with E-state index >= 15 is 0 Å². The van der Waals surface area contributed by atoms with Crippen LogP contribution in [-0.2, 0) is 11.3 Å². The van der Waals surface area contributed by atoms with Gasteiger partial charge < -0.3 is 18.8 Å². The minimum Gasteiger partial charge on any atom is -0.490 e. The standard InChI is InChI=1S/C21H23FN2O4S/c1-4-27-16-10-9-14(13-17(16)28-5-2)20(25)23-21-24(11-12-26-3)19-15(22)7-6-8-18(19)29-21/h6-10,13H,4-5,11-12H2,1-3H3. The maximum Gasteiger partial charge on any atom is 0.279 e. The first-order valence-electron chi connectivity index (χ1n) is 9.34. The first kappa shape index (κ1) is 21.0. The minimum absolute atomic E-state index is 0.358. The molecule has 0 unspecified atom stereocenters. The summed E-state index contributed by atoms with van der Waals surface area (Å²) in [5, 5.41) is 0. The van der Waals surface area contributed by atoms with Gasteiger partial charge in [-0.2, -0.15) is 4.99 Å². The van der Waals surface area contributed by atoms with Gasteiger partial charge in [0.1, 0.15) is 5.82 Å². The van der Waals surface area contributed by atoms with E-state index in [9.17, 15) is 9.18 Å². The fourth-order valence-electron chi connectivity index (χ4n) is 2.90. The molecule has 0 radical (unpaired) electrons. The number of methoxy groups -OCH3 is 1. The van der Waals surface area contributed by atoms with Crippen LogP contribution in [0.1, 0.15) is 24.2 Å². The highest BCUT2D eigenvalue weighted by molar-refractivity contribution is 7.16. The number of rotatable bonds is 8. The summed E-state index contributed by atoms with van der Waals surface area (Å²) in [7, 11) is 1.57. The van der Waals surface area contributed by atoms with E-state index in [1.54, 1.807) is 42.0 Å². The van der Waals surface area contributed by atoms with Gasteiger partial charge in [-0.05, 0) is 44.2 Å². The van der Waals surface area contributed by atoms with Crippen LogP contribution in [0.25, 0.3) is 10.2 Å². The number of thiazole rings is 1. The third-order valence-electron chi connectivity index (χ3n) is 4.16. The van der Waals surface area contributed by atoms with E-state index < -0.39 is 5.91 Å². The van der Waals surface area contributed by atoms with Crippen LogP contribution >= 0.6 is 11.3 Å². The van der Waals surface area contributed by atoms with Gasteiger partial charge in [0.15, 0.2) is 16.3 Å². The highest BCUT2D eigenvalue weighted by Crippen LogP contribution is 2.29. The summed E-state index contributed by atoms with van der Waals surface area (Å²) in [6, 6.07) is 9.80. The van der Waals surface area contributed by atoms with Gasteiger partial charge in [-0.25, -0.2) is 4.39 Å². The zero-order valence-electron chi connectivity index (χ0n) is 16.6. The molecule has 0 N–H and O–H groups in total. The molecule has 0 spiro atoms. The Kier molecular flexibility index (Phi) is 7.00. The second kappa shape index (κ2) is 9.67. The smallest absolute Gasteiger partial charge is 0.279 e. The Bertz CT molecular complexity index is 1070. The molecule has 0 saturated heterocycles. The highest BCUT2D eigenvalue weighted by atomic mass is 32.1. The van der Waals surface area contributed by atoms with Crippen molar-refractivity contribution >= 4 is 27.5 Å². The third-order valence-corrected chi connectivity index (χ3v) is 5.20. The topological polar surface area (TPSA) is 62.0 Å². The molecule has 0 aliphatic heterocycles. The number of carbonyl (C=O) groups is 1. The van der Waals surface area contributed by atoms with Crippen LogP contribution in [0.3, 0.4) is 0 Å². The van der Waals surface area contributed by atoms with Crippen LogP contribution in [0, 0.1) is 5.82 Å². The SMILES string of the molecule is CCOc1ccc(C(=O)N=c2sc3cccc(F)c3n2CCOC)cc1OCC. The number of ether oxygens (including phenoxy) is 3. The predicted molar refractivity (Wildman–Crippen MR) is 110 cm³/mol. The molecule has 154 valence electrons. The Labute approximate surface area is 172 Å². The summed E-state index contributed by atoms with van der Waals surface area (Å²) < 4.78 is 33.0. The van der Waals surface area contributed by atoms with Gasteiger partial charge in [0.2, 0.25) is 0 Å². The first-order valence-corrected chi connectivity index (χ1v) is 10.2. The summed E-state index contributed by atoms with van der Waals surface area (Å²) in [6.45, 7) is 5.44. The van der Waals surface area contributed by atoms with Crippen molar-refractivity contribution in [2.45, 2.75) is 20.4 Å². The van der Waals surface area contributed by atoms with Crippen molar-refractivity contribution < 1.29 is 23.4 Å². The molecule has 1 heterocycles. The lowest BCUT2D eigenvalue weighted by Gasteiger charge is -2.11. The van der Waals surface area contributed by atoms with Crippen molar-refractivity contribution in [3.8, 4) is 11.5 Å². The first-order chi connectivity index (χ1) is 14.1. The number of nitrogens with zero attached hydrogens (tertiary/aromatic N) is 2. The zero-order chi connectivity index (χ0) is 20.8. The van der Waals surface area contributed by atoms with Crippen LogP contribution in [0.15, 0.2) is 41.4 Å². The summed E-state index contributed by atoms with van der Waals surface area (Å²) >= 11 is 1.26. The molecular formula is C21H23FN2O4S. The molecule has 29 heavy (non-hydrogen) atoms. The van der Waals surface area contributed by atoms with Crippen molar-refractivity contribution in [1.82, 2.24) is 4.57 Å². The van der Waals surface area contributed by atoms with Crippen LogP contribution < -0.4 is 14.3 Å². The molecule has 2 aromatic carbocycles. The van der Waals surface area contributed by atoms with Crippen molar-refractivity contribution in [2.75, 3.05) is 26.9 Å². The number of amides is 1. The Morgan fingerprint density at radius 2 is 1.90 bits per heavy atom. The van der Waals surface area contributed by atoms with E-state index in [1.165, 1.54) is 17.4 Å². The molecule has 0 saturated carbocycles. The fourth-order valence-corrected chi connectivity index (χ4v) is 3.97. The van der Waals surface area contributed by atoms with Crippen LogP contribution in [-0.4, -0.2) is 37.4 Å². The van der Waals surface area contributed by atoms with E-state index in [2.05, 4.69) is 4.99 Å². The maximum atomic E-state index is 14.4. The van der Waals surface area contributed by atoms with E-state index in [0.29, 0.717) is 58.4 Å². The van der Waals surface area contributed by atoms with Gasteiger partial charge in [-0.3, -0.25) is 4.79 Å².